The van der Waals surface area contributed by atoms with E-state index in [2.05, 4.69) is 34.3 Å². The average Bonchev–Trinajstić information content (AvgIpc) is 3.05. The molecule has 10 heteroatoms. The Kier molecular flexibility index (Phi) is 13.5. The maximum Gasteiger partial charge on any atom is 0.230 e. The zero-order chi connectivity index (χ0) is 33.1. The molecule has 2 fully saturated rings. The van der Waals surface area contributed by atoms with Crippen molar-refractivity contribution in [3.8, 4) is 0 Å². The zero-order valence-electron chi connectivity index (χ0n) is 27.7. The van der Waals surface area contributed by atoms with Crippen molar-refractivity contribution in [3.63, 3.8) is 0 Å². The molecule has 9 nitrogen and oxygen atoms in total. The molecule has 0 spiro atoms. The van der Waals surface area contributed by atoms with E-state index in [1.165, 1.54) is 5.56 Å². The molecule has 0 aliphatic carbocycles. The van der Waals surface area contributed by atoms with Crippen molar-refractivity contribution >= 4 is 40.7 Å². The fourth-order valence-corrected chi connectivity index (χ4v) is 6.61. The topological polar surface area (TPSA) is 109 Å². The summed E-state index contributed by atoms with van der Waals surface area (Å²) in [5.41, 5.74) is 10.2. The van der Waals surface area contributed by atoms with Crippen LogP contribution in [0.4, 0.5) is 5.69 Å². The predicted molar refractivity (Wildman–Crippen MR) is 184 cm³/mol. The number of primary amides is 1. The van der Waals surface area contributed by atoms with Crippen LogP contribution >= 0.6 is 11.6 Å². The van der Waals surface area contributed by atoms with Crippen LogP contribution in [0.3, 0.4) is 0 Å². The lowest BCUT2D eigenvalue weighted by atomic mass is 9.89. The Morgan fingerprint density at radius 3 is 2.30 bits per heavy atom. The first-order valence-electron chi connectivity index (χ1n) is 16.8. The molecule has 3 amide bonds. The maximum atomic E-state index is 13.8. The smallest absolute Gasteiger partial charge is 0.230 e. The van der Waals surface area contributed by atoms with E-state index in [0.717, 1.165) is 67.8 Å². The summed E-state index contributed by atoms with van der Waals surface area (Å²) in [6, 6.07) is 14.3. The lowest BCUT2D eigenvalue weighted by molar-refractivity contribution is -0.133. The normalized spacial score (nSPS) is 16.8. The van der Waals surface area contributed by atoms with Crippen LogP contribution in [0.5, 0.6) is 0 Å². The molecule has 2 aromatic carbocycles. The molecule has 2 aliphatic rings. The number of nitrogens with zero attached hydrogens (tertiary/aromatic N) is 4. The highest BCUT2D eigenvalue weighted by Gasteiger charge is 2.30. The molecule has 2 saturated heterocycles. The van der Waals surface area contributed by atoms with Crippen molar-refractivity contribution in [2.75, 3.05) is 50.8 Å². The van der Waals surface area contributed by atoms with E-state index in [1.807, 2.05) is 41.8 Å². The van der Waals surface area contributed by atoms with Gasteiger partial charge < -0.3 is 25.3 Å². The summed E-state index contributed by atoms with van der Waals surface area (Å²) in [6.07, 6.45) is 6.29. The number of piperidine rings is 2. The summed E-state index contributed by atoms with van der Waals surface area (Å²) in [7, 11) is 0. The van der Waals surface area contributed by atoms with Crippen LogP contribution in [0, 0.1) is 18.8 Å². The molecular formula is C36H50ClN5O4. The third kappa shape index (κ3) is 10.3. The summed E-state index contributed by atoms with van der Waals surface area (Å²) in [4.78, 5) is 48.4. The Bertz CT molecular complexity index is 1350. The third-order valence-corrected chi connectivity index (χ3v) is 9.72. The number of carbonyl (C=O) groups excluding carboxylic acids is 3. The maximum absolute atomic E-state index is 13.8. The number of amides is 3. The van der Waals surface area contributed by atoms with E-state index in [9.17, 15) is 14.4 Å². The standard InChI is InChI=1S/C36H50ClN5O4/c1-4-46-39-34(12-13-35(38)44)30-9-7-28(8-10-30)24-29-14-20-40(21-15-29)18-5-19-42(32-11-6-26(2)33(37)25-32)36(45)31-16-22-41(23-17-31)27(3)43/h6-11,25,29,31H,4-5,12-24H2,1-3H3,(H2,38,44)/b39-34+. The molecule has 0 radical (unpaired) electrons. The van der Waals surface area contributed by atoms with Crippen LogP contribution in [-0.2, 0) is 25.6 Å². The minimum atomic E-state index is -0.350. The summed E-state index contributed by atoms with van der Waals surface area (Å²) in [6.45, 7) is 10.9. The summed E-state index contributed by atoms with van der Waals surface area (Å²) in [5.74, 6) is 0.403. The van der Waals surface area contributed by atoms with E-state index in [4.69, 9.17) is 22.2 Å². The van der Waals surface area contributed by atoms with Gasteiger partial charge in [0.15, 0.2) is 0 Å². The summed E-state index contributed by atoms with van der Waals surface area (Å²) in [5, 5.41) is 4.87. The van der Waals surface area contributed by atoms with Gasteiger partial charge in [0.05, 0.1) is 5.71 Å². The van der Waals surface area contributed by atoms with Crippen LogP contribution in [-0.4, -0.2) is 79.1 Å². The van der Waals surface area contributed by atoms with Crippen LogP contribution in [0.15, 0.2) is 47.6 Å². The zero-order valence-corrected chi connectivity index (χ0v) is 28.4. The molecule has 0 bridgehead atoms. The van der Waals surface area contributed by atoms with Gasteiger partial charge in [0.1, 0.15) is 6.61 Å². The van der Waals surface area contributed by atoms with Crippen molar-refractivity contribution in [2.24, 2.45) is 22.7 Å². The number of benzene rings is 2. The van der Waals surface area contributed by atoms with E-state index in [-0.39, 0.29) is 30.1 Å². The predicted octanol–water partition coefficient (Wildman–Crippen LogP) is 5.59. The van der Waals surface area contributed by atoms with E-state index in [1.54, 1.807) is 6.92 Å². The highest BCUT2D eigenvalue weighted by atomic mass is 35.5. The minimum absolute atomic E-state index is 0.0744. The Labute approximate surface area is 279 Å². The van der Waals surface area contributed by atoms with Crippen LogP contribution in [0.1, 0.15) is 75.5 Å². The number of rotatable bonds is 14. The quantitative estimate of drug-likeness (QED) is 0.212. The molecule has 2 aliphatic heterocycles. The van der Waals surface area contributed by atoms with Gasteiger partial charge >= 0.3 is 0 Å². The van der Waals surface area contributed by atoms with Crippen LogP contribution in [0.25, 0.3) is 0 Å². The number of nitrogens with two attached hydrogens (primary N) is 1. The van der Waals surface area contributed by atoms with Crippen molar-refractivity contribution < 1.29 is 19.2 Å². The van der Waals surface area contributed by atoms with Gasteiger partial charge in [0.25, 0.3) is 0 Å². The summed E-state index contributed by atoms with van der Waals surface area (Å²) < 4.78 is 0. The second kappa shape index (κ2) is 17.5. The van der Waals surface area contributed by atoms with Crippen molar-refractivity contribution in [2.45, 2.75) is 72.1 Å². The van der Waals surface area contributed by atoms with E-state index in [0.29, 0.717) is 56.4 Å². The number of hydrogen-bond donors (Lipinski definition) is 1. The number of aryl methyl sites for hydroxylation is 1. The van der Waals surface area contributed by atoms with E-state index >= 15 is 0 Å². The number of anilines is 1. The van der Waals surface area contributed by atoms with Gasteiger partial charge in [0, 0.05) is 56.0 Å². The van der Waals surface area contributed by atoms with Gasteiger partial charge in [-0.05, 0) is 107 Å². The number of carbonyl (C=O) groups is 3. The number of hydrogen-bond acceptors (Lipinski definition) is 6. The lowest BCUT2D eigenvalue weighted by Gasteiger charge is -2.35. The number of oxime groups is 1. The minimum Gasteiger partial charge on any atom is -0.396 e. The Morgan fingerprint density at radius 1 is 1.00 bits per heavy atom. The molecule has 2 aromatic rings. The van der Waals surface area contributed by atoms with Crippen LogP contribution < -0.4 is 10.6 Å². The molecule has 250 valence electrons. The lowest BCUT2D eigenvalue weighted by Crippen LogP contribution is -2.45. The van der Waals surface area contributed by atoms with Gasteiger partial charge in [-0.15, -0.1) is 0 Å². The molecule has 0 atom stereocenters. The first-order valence-corrected chi connectivity index (χ1v) is 17.1. The van der Waals surface area contributed by atoms with Crippen molar-refractivity contribution in [1.82, 2.24) is 9.80 Å². The first kappa shape index (κ1) is 35.4. The molecular weight excluding hydrogens is 602 g/mol. The Balaban J connectivity index is 1.27. The SMILES string of the molecule is CCO/N=C(\CCC(N)=O)c1ccc(CC2CCN(CCCN(C(=O)C3CCN(C(C)=O)CC3)c3ccc(C)c(Cl)c3)CC2)cc1. The molecule has 0 saturated carbocycles. The van der Waals surface area contributed by atoms with E-state index < -0.39 is 0 Å². The average molecular weight is 652 g/mol. The first-order chi connectivity index (χ1) is 22.1. The Morgan fingerprint density at radius 2 is 1.70 bits per heavy atom. The highest BCUT2D eigenvalue weighted by molar-refractivity contribution is 6.31. The fraction of sp³-hybridized carbons (Fsp3) is 0.556. The Hall–Kier alpha value is -3.43. The fourth-order valence-electron chi connectivity index (χ4n) is 6.44. The molecule has 2 heterocycles. The largest absolute Gasteiger partial charge is 0.396 e. The molecule has 46 heavy (non-hydrogen) atoms. The second-order valence-electron chi connectivity index (χ2n) is 12.7. The second-order valence-corrected chi connectivity index (χ2v) is 13.1. The number of likely N-dealkylation sites (tertiary alicyclic amines) is 2. The van der Waals surface area contributed by atoms with Gasteiger partial charge in [-0.2, -0.15) is 0 Å². The van der Waals surface area contributed by atoms with Gasteiger partial charge in [-0.25, -0.2) is 0 Å². The molecule has 2 N–H and O–H groups in total. The molecule has 4 rings (SSSR count). The van der Waals surface area contributed by atoms with Crippen LogP contribution in [0.2, 0.25) is 5.02 Å². The van der Waals surface area contributed by atoms with Crippen molar-refractivity contribution in [1.29, 1.82) is 0 Å². The van der Waals surface area contributed by atoms with Gasteiger partial charge in [-0.1, -0.05) is 47.1 Å². The molecule has 0 aromatic heterocycles. The van der Waals surface area contributed by atoms with Gasteiger partial charge in [-0.3, -0.25) is 14.4 Å². The molecule has 0 unspecified atom stereocenters. The monoisotopic (exact) mass is 651 g/mol. The summed E-state index contributed by atoms with van der Waals surface area (Å²) >= 11 is 6.48. The third-order valence-electron chi connectivity index (χ3n) is 9.31. The van der Waals surface area contributed by atoms with Gasteiger partial charge in [0.2, 0.25) is 17.7 Å². The van der Waals surface area contributed by atoms with Crippen molar-refractivity contribution in [3.05, 3.63) is 64.2 Å². The highest BCUT2D eigenvalue weighted by Crippen LogP contribution is 2.28. The number of halogens is 1.